The molecule has 2 aromatic carbocycles. The van der Waals surface area contributed by atoms with Gasteiger partial charge in [0.15, 0.2) is 17.3 Å². The quantitative estimate of drug-likeness (QED) is 0.510. The number of aromatic hydroxyl groups is 4. The Bertz CT molecular complexity index is 725. The summed E-state index contributed by atoms with van der Waals surface area (Å²) < 4.78 is 4.91. The smallest absolute Gasteiger partial charge is 0.193 e. The van der Waals surface area contributed by atoms with Crippen molar-refractivity contribution in [1.82, 2.24) is 0 Å². The Hall–Kier alpha value is -3.15. The molecule has 0 spiro atoms. The van der Waals surface area contributed by atoms with Gasteiger partial charge in [-0.3, -0.25) is 4.79 Å². The number of rotatable bonds is 4. The van der Waals surface area contributed by atoms with Crippen molar-refractivity contribution in [2.75, 3.05) is 7.11 Å². The van der Waals surface area contributed by atoms with E-state index in [1.165, 1.54) is 25.3 Å². The third kappa shape index (κ3) is 3.12. The number of allylic oxidation sites excluding steroid dienone is 1. The molecule has 2 rings (SSSR count). The Labute approximate surface area is 126 Å². The molecule has 0 bridgehead atoms. The van der Waals surface area contributed by atoms with Crippen LogP contribution < -0.4 is 4.74 Å². The SMILES string of the molecule is COc1ccc(C=CC(=O)c2c(O)cc(O)cc2O)cc1O. The van der Waals surface area contributed by atoms with Gasteiger partial charge in [-0.15, -0.1) is 0 Å². The van der Waals surface area contributed by atoms with Crippen LogP contribution in [0.3, 0.4) is 0 Å². The van der Waals surface area contributed by atoms with E-state index in [9.17, 15) is 25.2 Å². The Morgan fingerprint density at radius 3 is 2.18 bits per heavy atom. The lowest BCUT2D eigenvalue weighted by molar-refractivity contribution is 0.104. The number of hydrogen-bond donors (Lipinski definition) is 4. The topological polar surface area (TPSA) is 107 Å². The summed E-state index contributed by atoms with van der Waals surface area (Å²) in [7, 11) is 1.42. The number of carbonyl (C=O) groups excluding carboxylic acids is 1. The van der Waals surface area contributed by atoms with Crippen molar-refractivity contribution in [2.24, 2.45) is 0 Å². The minimum atomic E-state index is -0.648. The van der Waals surface area contributed by atoms with Crippen molar-refractivity contribution in [3.8, 4) is 28.7 Å². The second-order valence-electron chi connectivity index (χ2n) is 4.49. The van der Waals surface area contributed by atoms with E-state index in [0.717, 1.165) is 18.2 Å². The molecule has 0 unspecified atom stereocenters. The van der Waals surface area contributed by atoms with Crippen molar-refractivity contribution in [2.45, 2.75) is 0 Å². The maximum Gasteiger partial charge on any atom is 0.193 e. The molecular weight excluding hydrogens is 288 g/mol. The van der Waals surface area contributed by atoms with Gasteiger partial charge in [-0.25, -0.2) is 0 Å². The molecule has 0 amide bonds. The van der Waals surface area contributed by atoms with Crippen LogP contribution in [0.1, 0.15) is 15.9 Å². The number of phenolic OH excluding ortho intramolecular Hbond substituents is 4. The number of ether oxygens (including phenoxy) is 1. The fourth-order valence-electron chi connectivity index (χ4n) is 1.92. The lowest BCUT2D eigenvalue weighted by Crippen LogP contribution is -1.95. The molecule has 6 nitrogen and oxygen atoms in total. The van der Waals surface area contributed by atoms with Crippen molar-refractivity contribution in [3.63, 3.8) is 0 Å². The van der Waals surface area contributed by atoms with Crippen LogP contribution in [0.5, 0.6) is 28.7 Å². The van der Waals surface area contributed by atoms with Gasteiger partial charge in [-0.1, -0.05) is 12.1 Å². The molecule has 0 radical (unpaired) electrons. The molecule has 2 aromatic rings. The zero-order chi connectivity index (χ0) is 16.3. The van der Waals surface area contributed by atoms with Crippen LogP contribution in [0.25, 0.3) is 6.08 Å². The second-order valence-corrected chi connectivity index (χ2v) is 4.49. The minimum Gasteiger partial charge on any atom is -0.508 e. The van der Waals surface area contributed by atoms with E-state index in [2.05, 4.69) is 0 Å². The molecule has 0 saturated heterocycles. The van der Waals surface area contributed by atoms with Crippen LogP contribution >= 0.6 is 0 Å². The fraction of sp³-hybridized carbons (Fsp3) is 0.0625. The molecule has 114 valence electrons. The summed E-state index contributed by atoms with van der Waals surface area (Å²) in [4.78, 5) is 12.0. The monoisotopic (exact) mass is 302 g/mol. The number of methoxy groups -OCH3 is 1. The van der Waals surface area contributed by atoms with E-state index in [1.54, 1.807) is 6.07 Å². The van der Waals surface area contributed by atoms with Gasteiger partial charge < -0.3 is 25.2 Å². The lowest BCUT2D eigenvalue weighted by atomic mass is 10.1. The van der Waals surface area contributed by atoms with E-state index >= 15 is 0 Å². The van der Waals surface area contributed by atoms with Crippen LogP contribution in [0, 0.1) is 0 Å². The van der Waals surface area contributed by atoms with Gasteiger partial charge in [0.1, 0.15) is 22.8 Å². The third-order valence-electron chi connectivity index (χ3n) is 2.96. The molecule has 0 aliphatic carbocycles. The molecule has 0 aromatic heterocycles. The predicted molar refractivity (Wildman–Crippen MR) is 79.5 cm³/mol. The number of hydrogen-bond acceptors (Lipinski definition) is 6. The Kier molecular flexibility index (Phi) is 4.22. The molecule has 0 heterocycles. The van der Waals surface area contributed by atoms with Gasteiger partial charge in [0.05, 0.1) is 7.11 Å². The summed E-state index contributed by atoms with van der Waals surface area (Å²) in [5.41, 5.74) is 0.219. The summed E-state index contributed by atoms with van der Waals surface area (Å²) in [6.07, 6.45) is 2.54. The van der Waals surface area contributed by atoms with Gasteiger partial charge in [0, 0.05) is 12.1 Å². The van der Waals surface area contributed by atoms with Crippen LogP contribution in [-0.2, 0) is 0 Å². The Morgan fingerprint density at radius 1 is 1.00 bits per heavy atom. The molecule has 6 heteroatoms. The standard InChI is InChI=1S/C16H14O6/c1-22-15-5-3-9(6-12(15)19)2-4-11(18)16-13(20)7-10(17)8-14(16)21/h2-8,17,19-21H,1H3. The second kappa shape index (κ2) is 6.09. The molecule has 0 aliphatic heterocycles. The average Bonchev–Trinajstić information content (AvgIpc) is 2.44. The largest absolute Gasteiger partial charge is 0.508 e. The van der Waals surface area contributed by atoms with E-state index in [-0.39, 0.29) is 17.1 Å². The molecule has 0 aliphatic rings. The fourth-order valence-corrected chi connectivity index (χ4v) is 1.92. The van der Waals surface area contributed by atoms with Crippen molar-refractivity contribution >= 4 is 11.9 Å². The van der Waals surface area contributed by atoms with Gasteiger partial charge in [0.25, 0.3) is 0 Å². The van der Waals surface area contributed by atoms with Crippen molar-refractivity contribution in [1.29, 1.82) is 0 Å². The Balaban J connectivity index is 2.27. The summed E-state index contributed by atoms with van der Waals surface area (Å²) in [6, 6.07) is 6.48. The molecule has 0 atom stereocenters. The molecule has 4 N–H and O–H groups in total. The van der Waals surface area contributed by atoms with Crippen LogP contribution in [-0.4, -0.2) is 33.3 Å². The molecule has 0 fully saturated rings. The van der Waals surface area contributed by atoms with E-state index in [0.29, 0.717) is 11.3 Å². The summed E-state index contributed by atoms with van der Waals surface area (Å²) >= 11 is 0. The van der Waals surface area contributed by atoms with Gasteiger partial charge in [-0.2, -0.15) is 0 Å². The highest BCUT2D eigenvalue weighted by Gasteiger charge is 2.15. The highest BCUT2D eigenvalue weighted by Crippen LogP contribution is 2.32. The number of ketones is 1. The summed E-state index contributed by atoms with van der Waals surface area (Å²) in [5, 5.41) is 38.1. The zero-order valence-electron chi connectivity index (χ0n) is 11.6. The first-order chi connectivity index (χ1) is 10.4. The van der Waals surface area contributed by atoms with E-state index in [1.807, 2.05) is 0 Å². The van der Waals surface area contributed by atoms with Gasteiger partial charge in [0.2, 0.25) is 0 Å². The minimum absolute atomic E-state index is 0.0765. The number of benzene rings is 2. The number of carbonyl (C=O) groups is 1. The molecular formula is C16H14O6. The maximum absolute atomic E-state index is 12.0. The first-order valence-corrected chi connectivity index (χ1v) is 6.26. The first-order valence-electron chi connectivity index (χ1n) is 6.26. The zero-order valence-corrected chi connectivity index (χ0v) is 11.6. The first kappa shape index (κ1) is 15.2. The van der Waals surface area contributed by atoms with Crippen molar-refractivity contribution < 1.29 is 30.0 Å². The van der Waals surface area contributed by atoms with E-state index in [4.69, 9.17) is 4.74 Å². The summed E-state index contributed by atoms with van der Waals surface area (Å²) in [6.45, 7) is 0. The Morgan fingerprint density at radius 2 is 1.64 bits per heavy atom. The maximum atomic E-state index is 12.0. The molecule has 22 heavy (non-hydrogen) atoms. The third-order valence-corrected chi connectivity index (χ3v) is 2.96. The van der Waals surface area contributed by atoms with Gasteiger partial charge >= 0.3 is 0 Å². The van der Waals surface area contributed by atoms with Crippen LogP contribution in [0.2, 0.25) is 0 Å². The van der Waals surface area contributed by atoms with Gasteiger partial charge in [-0.05, 0) is 23.8 Å². The van der Waals surface area contributed by atoms with Crippen LogP contribution in [0.15, 0.2) is 36.4 Å². The lowest BCUT2D eigenvalue weighted by Gasteiger charge is -2.05. The van der Waals surface area contributed by atoms with Crippen LogP contribution in [0.4, 0.5) is 0 Å². The van der Waals surface area contributed by atoms with E-state index < -0.39 is 17.3 Å². The van der Waals surface area contributed by atoms with Crippen molar-refractivity contribution in [3.05, 3.63) is 47.5 Å². The molecule has 0 saturated carbocycles. The summed E-state index contributed by atoms with van der Waals surface area (Å²) in [5.74, 6) is -1.82. The average molecular weight is 302 g/mol. The highest BCUT2D eigenvalue weighted by molar-refractivity contribution is 6.10. The predicted octanol–water partition coefficient (Wildman–Crippen LogP) is 2.41. The number of phenols is 4. The normalized spacial score (nSPS) is 10.8. The highest BCUT2D eigenvalue weighted by atomic mass is 16.5.